The van der Waals surface area contributed by atoms with Crippen LogP contribution in [0.25, 0.3) is 11.2 Å². The molecule has 2 aromatic heterocycles. The van der Waals surface area contributed by atoms with Gasteiger partial charge >= 0.3 is 0 Å². The van der Waals surface area contributed by atoms with Gasteiger partial charge in [-0.05, 0) is 36.1 Å². The largest absolute Gasteiger partial charge is 0.394 e. The van der Waals surface area contributed by atoms with Crippen LogP contribution in [0.1, 0.15) is 24.5 Å². The van der Waals surface area contributed by atoms with Gasteiger partial charge in [-0.15, -0.1) is 0 Å². The first-order valence-electron chi connectivity index (χ1n) is 9.31. The fourth-order valence-electron chi connectivity index (χ4n) is 3.87. The molecule has 5 N–H and O–H groups in total. The zero-order valence-corrected chi connectivity index (χ0v) is 16.5. The summed E-state index contributed by atoms with van der Waals surface area (Å²) in [6.45, 7) is 4.00. The maximum absolute atomic E-state index is 9.65. The van der Waals surface area contributed by atoms with Gasteiger partial charge in [0.25, 0.3) is 0 Å². The Balaban J connectivity index is 1.78. The van der Waals surface area contributed by atoms with Gasteiger partial charge < -0.3 is 26.0 Å². The maximum Gasteiger partial charge on any atom is 0.165 e. The highest BCUT2D eigenvalue weighted by Gasteiger charge is 2.35. The molecule has 8 nitrogen and oxygen atoms in total. The number of rotatable bonds is 5. The molecule has 3 heterocycles. The lowest BCUT2D eigenvalue weighted by Crippen LogP contribution is -2.46. The quantitative estimate of drug-likeness (QED) is 0.593. The Labute approximate surface area is 168 Å². The summed E-state index contributed by atoms with van der Waals surface area (Å²) in [5, 5.41) is 10.3. The summed E-state index contributed by atoms with van der Waals surface area (Å²) in [6, 6.07) is 3.97. The number of anilines is 2. The molecule has 1 atom stereocenters. The number of aliphatic hydroxyl groups is 1. The Morgan fingerprint density at radius 1 is 1.29 bits per heavy atom. The number of nitrogens with two attached hydrogens (primary N) is 2. The Morgan fingerprint density at radius 2 is 2.11 bits per heavy atom. The second kappa shape index (κ2) is 7.20. The van der Waals surface area contributed by atoms with Gasteiger partial charge in [0.1, 0.15) is 11.8 Å². The number of nitrogen functional groups attached to an aromatic ring is 1. The number of benzene rings is 1. The summed E-state index contributed by atoms with van der Waals surface area (Å²) in [6.07, 6.45) is 4.76. The lowest BCUT2D eigenvalue weighted by Gasteiger charge is -2.27. The molecule has 1 aliphatic heterocycles. The topological polar surface area (TPSA) is 119 Å². The summed E-state index contributed by atoms with van der Waals surface area (Å²) in [4.78, 5) is 14.9. The van der Waals surface area contributed by atoms with Crippen molar-refractivity contribution in [3.05, 3.63) is 40.9 Å². The molecule has 0 aliphatic carbocycles. The molecular formula is C19H24ClN7O. The van der Waals surface area contributed by atoms with E-state index >= 15 is 0 Å². The van der Waals surface area contributed by atoms with Crippen LogP contribution in [-0.4, -0.2) is 49.9 Å². The van der Waals surface area contributed by atoms with Gasteiger partial charge in [-0.2, -0.15) is 0 Å². The molecule has 9 heteroatoms. The van der Waals surface area contributed by atoms with Gasteiger partial charge in [0.15, 0.2) is 11.5 Å². The Bertz CT molecular complexity index is 1020. The van der Waals surface area contributed by atoms with E-state index in [1.807, 2.05) is 16.7 Å². The molecule has 1 aliphatic rings. The van der Waals surface area contributed by atoms with E-state index in [9.17, 15) is 5.11 Å². The summed E-state index contributed by atoms with van der Waals surface area (Å²) in [7, 11) is 0. The molecule has 28 heavy (non-hydrogen) atoms. The first-order valence-corrected chi connectivity index (χ1v) is 9.69. The van der Waals surface area contributed by atoms with Gasteiger partial charge in [0.05, 0.1) is 25.0 Å². The smallest absolute Gasteiger partial charge is 0.165 e. The van der Waals surface area contributed by atoms with Crippen LogP contribution in [0.15, 0.2) is 24.8 Å². The van der Waals surface area contributed by atoms with Crippen LogP contribution in [0.5, 0.6) is 0 Å². The van der Waals surface area contributed by atoms with Crippen LogP contribution in [0.3, 0.4) is 0 Å². The first kappa shape index (κ1) is 18.9. The number of hydrogen-bond donors (Lipinski definition) is 3. The third-order valence-corrected chi connectivity index (χ3v) is 5.68. The molecule has 1 unspecified atom stereocenters. The van der Waals surface area contributed by atoms with Gasteiger partial charge in [-0.3, -0.25) is 0 Å². The van der Waals surface area contributed by atoms with E-state index in [1.54, 1.807) is 6.33 Å². The standard InChI is InChI=1S/C19H24ClN7O/c1-2-12-5-13(20)6-15(26-4-3-19(22,8-26)9-28)14(12)7-27-11-25-16-17(21)23-10-24-18(16)27/h5-6,10-11,28H,2-4,7-9,22H2,1H3,(H2,21,23,24). The summed E-state index contributed by atoms with van der Waals surface area (Å²) in [5.41, 5.74) is 16.3. The van der Waals surface area contributed by atoms with Crippen LogP contribution in [-0.2, 0) is 13.0 Å². The third-order valence-electron chi connectivity index (χ3n) is 5.46. The normalized spacial score (nSPS) is 19.6. The number of imidazole rings is 1. The van der Waals surface area contributed by atoms with Crippen molar-refractivity contribution in [3.63, 3.8) is 0 Å². The van der Waals surface area contributed by atoms with Crippen molar-refractivity contribution in [2.45, 2.75) is 31.8 Å². The van der Waals surface area contributed by atoms with Crippen molar-refractivity contribution in [3.8, 4) is 0 Å². The van der Waals surface area contributed by atoms with Gasteiger partial charge in [-0.1, -0.05) is 18.5 Å². The molecule has 0 bridgehead atoms. The van der Waals surface area contributed by atoms with E-state index < -0.39 is 5.54 Å². The molecule has 0 amide bonds. The molecule has 1 fully saturated rings. The van der Waals surface area contributed by atoms with E-state index in [2.05, 4.69) is 26.8 Å². The van der Waals surface area contributed by atoms with Gasteiger partial charge in [-0.25, -0.2) is 15.0 Å². The average molecular weight is 402 g/mol. The van der Waals surface area contributed by atoms with Crippen LogP contribution >= 0.6 is 11.6 Å². The maximum atomic E-state index is 9.65. The Kier molecular flexibility index (Phi) is 4.86. The molecule has 0 saturated carbocycles. The van der Waals surface area contributed by atoms with Crippen LogP contribution in [0.4, 0.5) is 11.5 Å². The van der Waals surface area contributed by atoms with Crippen molar-refractivity contribution < 1.29 is 5.11 Å². The predicted molar refractivity (Wildman–Crippen MR) is 111 cm³/mol. The van der Waals surface area contributed by atoms with Crippen molar-refractivity contribution >= 4 is 34.3 Å². The number of aryl methyl sites for hydroxylation is 1. The molecule has 0 radical (unpaired) electrons. The minimum Gasteiger partial charge on any atom is -0.394 e. The third kappa shape index (κ3) is 3.28. The number of halogens is 1. The summed E-state index contributed by atoms with van der Waals surface area (Å²) >= 11 is 6.42. The molecule has 3 aromatic rings. The van der Waals surface area contributed by atoms with Crippen LogP contribution in [0, 0.1) is 0 Å². The lowest BCUT2D eigenvalue weighted by molar-refractivity contribution is 0.210. The van der Waals surface area contributed by atoms with Crippen molar-refractivity contribution in [1.29, 1.82) is 0 Å². The Hall–Kier alpha value is -2.42. The molecule has 1 saturated heterocycles. The van der Waals surface area contributed by atoms with Crippen molar-refractivity contribution in [2.24, 2.45) is 5.73 Å². The van der Waals surface area contributed by atoms with E-state index in [4.69, 9.17) is 23.1 Å². The Morgan fingerprint density at radius 3 is 2.82 bits per heavy atom. The zero-order valence-electron chi connectivity index (χ0n) is 15.8. The first-order chi connectivity index (χ1) is 13.4. The SMILES string of the molecule is CCc1cc(Cl)cc(N2CCC(N)(CO)C2)c1Cn1cnc2c(N)ncnc21. The van der Waals surface area contributed by atoms with Crippen LogP contribution < -0.4 is 16.4 Å². The number of aliphatic hydroxyl groups excluding tert-OH is 1. The number of hydrogen-bond acceptors (Lipinski definition) is 7. The zero-order chi connectivity index (χ0) is 19.9. The van der Waals surface area contributed by atoms with E-state index in [1.165, 1.54) is 6.33 Å². The second-order valence-electron chi connectivity index (χ2n) is 7.41. The summed E-state index contributed by atoms with van der Waals surface area (Å²) in [5.74, 6) is 0.367. The lowest BCUT2D eigenvalue weighted by atomic mass is 10.0. The fourth-order valence-corrected chi connectivity index (χ4v) is 4.11. The molecular weight excluding hydrogens is 378 g/mol. The number of fused-ring (bicyclic) bond motifs is 1. The molecule has 4 rings (SSSR count). The van der Waals surface area contributed by atoms with E-state index in [0.29, 0.717) is 35.1 Å². The minimum absolute atomic E-state index is 0.0393. The highest BCUT2D eigenvalue weighted by atomic mass is 35.5. The van der Waals surface area contributed by atoms with Crippen LogP contribution in [0.2, 0.25) is 5.02 Å². The highest BCUT2D eigenvalue weighted by molar-refractivity contribution is 6.31. The summed E-state index contributed by atoms with van der Waals surface area (Å²) < 4.78 is 1.97. The average Bonchev–Trinajstić information content (AvgIpc) is 3.28. The second-order valence-corrected chi connectivity index (χ2v) is 7.85. The van der Waals surface area contributed by atoms with Crippen molar-refractivity contribution in [2.75, 3.05) is 30.3 Å². The number of aromatic nitrogens is 4. The van der Waals surface area contributed by atoms with E-state index in [0.717, 1.165) is 36.2 Å². The minimum atomic E-state index is -0.588. The molecule has 148 valence electrons. The fraction of sp³-hybridized carbons (Fsp3) is 0.421. The van der Waals surface area contributed by atoms with Gasteiger partial charge in [0, 0.05) is 23.8 Å². The van der Waals surface area contributed by atoms with Crippen molar-refractivity contribution in [1.82, 2.24) is 19.5 Å². The molecule has 0 spiro atoms. The monoisotopic (exact) mass is 401 g/mol. The van der Waals surface area contributed by atoms with E-state index in [-0.39, 0.29) is 6.61 Å². The van der Waals surface area contributed by atoms with Gasteiger partial charge in [0.2, 0.25) is 0 Å². The number of nitrogens with zero attached hydrogens (tertiary/aromatic N) is 5. The highest BCUT2D eigenvalue weighted by Crippen LogP contribution is 2.34. The predicted octanol–water partition coefficient (Wildman–Crippen LogP) is 1.57. The molecule has 1 aromatic carbocycles.